The van der Waals surface area contributed by atoms with Gasteiger partial charge in [0.25, 0.3) is 4.84 Å². The minimum Gasteiger partial charge on any atom is -0.409 e. The Kier molecular flexibility index (Phi) is 5.63. The third-order valence-electron chi connectivity index (χ3n) is 4.61. The first-order chi connectivity index (χ1) is 13.2. The number of hydrogen-bond donors (Lipinski definition) is 0. The number of aromatic nitrogens is 3. The van der Waals surface area contributed by atoms with Crippen molar-refractivity contribution in [3.05, 3.63) is 64.2 Å². The van der Waals surface area contributed by atoms with Crippen LogP contribution in [0.3, 0.4) is 0 Å². The zero-order valence-electron chi connectivity index (χ0n) is 14.8. The fraction of sp³-hybridized carbons (Fsp3) is 0.316. The third kappa shape index (κ3) is 4.62. The molecular weight excluding hydrogens is 382 g/mol. The summed E-state index contributed by atoms with van der Waals surface area (Å²) in [6, 6.07) is 11.8. The summed E-state index contributed by atoms with van der Waals surface area (Å²) < 4.78 is 7.37. The van der Waals surface area contributed by atoms with E-state index in [0.29, 0.717) is 17.4 Å². The second kappa shape index (κ2) is 8.31. The van der Waals surface area contributed by atoms with Crippen LogP contribution in [-0.2, 0) is 13.2 Å². The second-order valence-corrected chi connectivity index (χ2v) is 7.37. The Hall–Kier alpha value is -2.06. The monoisotopic (exact) mass is 401 g/mol. The van der Waals surface area contributed by atoms with E-state index < -0.39 is 0 Å². The van der Waals surface area contributed by atoms with Crippen molar-refractivity contribution in [1.29, 1.82) is 0 Å². The topological polar surface area (TPSA) is 50.3 Å². The molecule has 3 aromatic rings. The molecule has 8 heteroatoms. The average molecular weight is 402 g/mol. The van der Waals surface area contributed by atoms with Crippen molar-refractivity contribution in [3.8, 4) is 11.5 Å². The van der Waals surface area contributed by atoms with Gasteiger partial charge in [0.05, 0.1) is 12.2 Å². The molecular formula is C19H20ClN5OS. The molecule has 2 aromatic heterocycles. The summed E-state index contributed by atoms with van der Waals surface area (Å²) in [5.41, 5.74) is 2.07. The fourth-order valence-electron chi connectivity index (χ4n) is 3.17. The number of pyridine rings is 1. The normalized spacial score (nSPS) is 15.9. The molecule has 0 unspecified atom stereocenters. The van der Waals surface area contributed by atoms with Crippen molar-refractivity contribution in [2.75, 3.05) is 26.2 Å². The van der Waals surface area contributed by atoms with Crippen LogP contribution in [-0.4, -0.2) is 50.7 Å². The summed E-state index contributed by atoms with van der Waals surface area (Å²) in [4.78, 5) is 9.25. The van der Waals surface area contributed by atoms with Crippen LogP contribution in [0.2, 0.25) is 5.02 Å². The van der Waals surface area contributed by atoms with Gasteiger partial charge in [-0.25, -0.2) is 4.68 Å². The molecule has 0 spiro atoms. The van der Waals surface area contributed by atoms with Gasteiger partial charge in [0.15, 0.2) is 0 Å². The fourth-order valence-corrected chi connectivity index (χ4v) is 3.56. The molecule has 0 amide bonds. The first kappa shape index (κ1) is 18.3. The molecule has 4 rings (SSSR count). The van der Waals surface area contributed by atoms with Crippen LogP contribution in [0.25, 0.3) is 11.5 Å². The predicted octanol–water partition coefficient (Wildman–Crippen LogP) is 3.70. The average Bonchev–Trinajstić information content (AvgIpc) is 3.05. The number of piperazine rings is 1. The lowest BCUT2D eigenvalue weighted by Crippen LogP contribution is -2.46. The highest BCUT2D eigenvalue weighted by atomic mass is 35.5. The van der Waals surface area contributed by atoms with Crippen molar-refractivity contribution in [1.82, 2.24) is 24.6 Å². The molecule has 0 saturated carbocycles. The zero-order chi connectivity index (χ0) is 18.6. The van der Waals surface area contributed by atoms with Crippen LogP contribution in [0.1, 0.15) is 5.56 Å². The molecule has 1 aromatic carbocycles. The predicted molar refractivity (Wildman–Crippen MR) is 107 cm³/mol. The number of hydrogen-bond acceptors (Lipinski definition) is 6. The highest BCUT2D eigenvalue weighted by Gasteiger charge is 2.19. The smallest absolute Gasteiger partial charge is 0.288 e. The Balaban J connectivity index is 1.34. The van der Waals surface area contributed by atoms with E-state index in [1.807, 2.05) is 30.3 Å². The van der Waals surface area contributed by atoms with Crippen LogP contribution >= 0.6 is 23.8 Å². The molecule has 6 nitrogen and oxygen atoms in total. The molecule has 0 aliphatic carbocycles. The number of rotatable bonds is 5. The van der Waals surface area contributed by atoms with E-state index in [1.165, 1.54) is 5.56 Å². The maximum Gasteiger partial charge on any atom is 0.288 e. The molecule has 3 heterocycles. The lowest BCUT2D eigenvalue weighted by Gasteiger charge is -2.34. The van der Waals surface area contributed by atoms with E-state index in [2.05, 4.69) is 25.9 Å². The van der Waals surface area contributed by atoms with Gasteiger partial charge >= 0.3 is 0 Å². The minimum absolute atomic E-state index is 0.384. The molecule has 27 heavy (non-hydrogen) atoms. The first-order valence-electron chi connectivity index (χ1n) is 8.85. The highest BCUT2D eigenvalue weighted by Crippen LogP contribution is 2.17. The number of nitrogens with zero attached hydrogens (tertiary/aromatic N) is 5. The Labute approximate surface area is 168 Å². The van der Waals surface area contributed by atoms with Gasteiger partial charge in [0, 0.05) is 50.1 Å². The largest absolute Gasteiger partial charge is 0.409 e. The zero-order valence-corrected chi connectivity index (χ0v) is 16.4. The molecule has 0 N–H and O–H groups in total. The first-order valence-corrected chi connectivity index (χ1v) is 9.63. The van der Waals surface area contributed by atoms with E-state index in [9.17, 15) is 0 Å². The summed E-state index contributed by atoms with van der Waals surface area (Å²) in [5, 5.41) is 5.29. The molecule has 1 saturated heterocycles. The summed E-state index contributed by atoms with van der Waals surface area (Å²) in [5.74, 6) is 0.507. The van der Waals surface area contributed by atoms with Crippen LogP contribution < -0.4 is 0 Å². The minimum atomic E-state index is 0.384. The van der Waals surface area contributed by atoms with Gasteiger partial charge in [-0.15, -0.1) is 5.10 Å². The van der Waals surface area contributed by atoms with Gasteiger partial charge in [0.2, 0.25) is 5.89 Å². The standard InChI is InChI=1S/C19H20ClN5OS/c20-17-5-1-3-15(11-17)13-23-7-9-24(10-8-23)14-25-19(27)26-18(22-25)16-4-2-6-21-12-16/h1-6,11-12H,7-10,13-14H2. The van der Waals surface area contributed by atoms with E-state index in [4.69, 9.17) is 28.2 Å². The Bertz CT molecular complexity index is 950. The van der Waals surface area contributed by atoms with Crippen LogP contribution in [0, 0.1) is 4.84 Å². The van der Waals surface area contributed by atoms with Crippen molar-refractivity contribution in [3.63, 3.8) is 0 Å². The van der Waals surface area contributed by atoms with Crippen molar-refractivity contribution >= 4 is 23.8 Å². The molecule has 0 radical (unpaired) electrons. The Morgan fingerprint density at radius 3 is 2.63 bits per heavy atom. The van der Waals surface area contributed by atoms with Crippen molar-refractivity contribution < 1.29 is 4.42 Å². The number of halogens is 1. The third-order valence-corrected chi connectivity index (χ3v) is 5.14. The van der Waals surface area contributed by atoms with E-state index >= 15 is 0 Å². The van der Waals surface area contributed by atoms with E-state index in [0.717, 1.165) is 43.3 Å². The van der Waals surface area contributed by atoms with E-state index in [-0.39, 0.29) is 0 Å². The van der Waals surface area contributed by atoms with Gasteiger partial charge in [-0.2, -0.15) is 0 Å². The summed E-state index contributed by atoms with van der Waals surface area (Å²) in [6.07, 6.45) is 3.44. The summed E-state index contributed by atoms with van der Waals surface area (Å²) >= 11 is 11.4. The lowest BCUT2D eigenvalue weighted by atomic mass is 10.2. The van der Waals surface area contributed by atoms with Crippen molar-refractivity contribution in [2.24, 2.45) is 0 Å². The number of benzene rings is 1. The van der Waals surface area contributed by atoms with Gasteiger partial charge in [-0.05, 0) is 42.0 Å². The Morgan fingerprint density at radius 2 is 1.89 bits per heavy atom. The molecule has 1 aliphatic heterocycles. The van der Waals surface area contributed by atoms with Crippen LogP contribution in [0.4, 0.5) is 0 Å². The molecule has 0 atom stereocenters. The lowest BCUT2D eigenvalue weighted by molar-refractivity contribution is 0.0974. The van der Waals surface area contributed by atoms with Gasteiger partial charge in [-0.1, -0.05) is 23.7 Å². The van der Waals surface area contributed by atoms with Gasteiger partial charge in [0.1, 0.15) is 0 Å². The van der Waals surface area contributed by atoms with Crippen molar-refractivity contribution in [2.45, 2.75) is 13.2 Å². The Morgan fingerprint density at radius 1 is 1.07 bits per heavy atom. The van der Waals surface area contributed by atoms with Gasteiger partial charge in [-0.3, -0.25) is 14.8 Å². The molecule has 1 aliphatic rings. The second-order valence-electron chi connectivity index (χ2n) is 6.58. The molecule has 1 fully saturated rings. The van der Waals surface area contributed by atoms with Crippen LogP contribution in [0.5, 0.6) is 0 Å². The summed E-state index contributed by atoms with van der Waals surface area (Å²) in [6.45, 7) is 5.45. The van der Waals surface area contributed by atoms with E-state index in [1.54, 1.807) is 17.1 Å². The molecule has 140 valence electrons. The maximum absolute atomic E-state index is 6.08. The SMILES string of the molecule is S=c1oc(-c2cccnc2)nn1CN1CCN(Cc2cccc(Cl)c2)CC1. The maximum atomic E-state index is 6.08. The molecule has 0 bridgehead atoms. The quantitative estimate of drug-likeness (QED) is 0.607. The van der Waals surface area contributed by atoms with Gasteiger partial charge < -0.3 is 4.42 Å². The summed E-state index contributed by atoms with van der Waals surface area (Å²) in [7, 11) is 0. The van der Waals surface area contributed by atoms with Crippen LogP contribution in [0.15, 0.2) is 53.2 Å². The highest BCUT2D eigenvalue weighted by molar-refractivity contribution is 7.71.